The highest BCUT2D eigenvalue weighted by atomic mass is 79.9. The van der Waals surface area contributed by atoms with Gasteiger partial charge in [-0.3, -0.25) is 4.79 Å². The molecular formula is C18H30BrNO. The van der Waals surface area contributed by atoms with Crippen molar-refractivity contribution in [1.29, 1.82) is 0 Å². The summed E-state index contributed by atoms with van der Waals surface area (Å²) in [5.74, 6) is 3.09. The van der Waals surface area contributed by atoms with Gasteiger partial charge in [-0.2, -0.15) is 0 Å². The van der Waals surface area contributed by atoms with Crippen LogP contribution in [0.15, 0.2) is 0 Å². The second-order valence-electron chi connectivity index (χ2n) is 7.62. The minimum Gasteiger partial charge on any atom is -0.356 e. The number of hydrogen-bond donors (Lipinski definition) is 1. The first-order valence-corrected chi connectivity index (χ1v) is 10.1. The number of hydrogen-bond acceptors (Lipinski definition) is 1. The summed E-state index contributed by atoms with van der Waals surface area (Å²) in [4.78, 5) is 13.1. The van der Waals surface area contributed by atoms with Crippen LogP contribution in [0.3, 0.4) is 0 Å². The predicted molar refractivity (Wildman–Crippen MR) is 90.5 cm³/mol. The Morgan fingerprint density at radius 1 is 0.905 bits per heavy atom. The fourth-order valence-corrected chi connectivity index (χ4v) is 5.65. The molecule has 1 amide bonds. The van der Waals surface area contributed by atoms with E-state index in [-0.39, 0.29) is 0 Å². The van der Waals surface area contributed by atoms with Crippen LogP contribution in [0, 0.1) is 23.7 Å². The van der Waals surface area contributed by atoms with Gasteiger partial charge in [-0.25, -0.2) is 0 Å². The molecule has 0 aromatic heterocycles. The van der Waals surface area contributed by atoms with Crippen LogP contribution in [-0.2, 0) is 4.79 Å². The van der Waals surface area contributed by atoms with Crippen molar-refractivity contribution in [3.8, 4) is 0 Å². The highest BCUT2D eigenvalue weighted by Gasteiger charge is 2.35. The Morgan fingerprint density at radius 3 is 2.43 bits per heavy atom. The number of alkyl halides is 1. The van der Waals surface area contributed by atoms with E-state index < -0.39 is 0 Å². The van der Waals surface area contributed by atoms with Crippen molar-refractivity contribution < 1.29 is 4.79 Å². The number of fused-ring (bicyclic) bond motifs is 1. The molecule has 5 atom stereocenters. The van der Waals surface area contributed by atoms with Crippen molar-refractivity contribution in [2.24, 2.45) is 23.7 Å². The SMILES string of the molecule is O=C(NCC1CCCCC1Br)C1CCC2CCCCC2C1. The zero-order valence-corrected chi connectivity index (χ0v) is 14.7. The summed E-state index contributed by atoms with van der Waals surface area (Å²) < 4.78 is 0. The van der Waals surface area contributed by atoms with Gasteiger partial charge in [0, 0.05) is 17.3 Å². The molecule has 2 nitrogen and oxygen atoms in total. The predicted octanol–water partition coefficient (Wildman–Crippen LogP) is 4.66. The van der Waals surface area contributed by atoms with Crippen molar-refractivity contribution >= 4 is 21.8 Å². The molecule has 21 heavy (non-hydrogen) atoms. The number of amides is 1. The van der Waals surface area contributed by atoms with E-state index in [1.807, 2.05) is 0 Å². The lowest BCUT2D eigenvalue weighted by atomic mass is 9.67. The zero-order valence-electron chi connectivity index (χ0n) is 13.2. The van der Waals surface area contributed by atoms with Gasteiger partial charge >= 0.3 is 0 Å². The lowest BCUT2D eigenvalue weighted by Crippen LogP contribution is -2.40. The van der Waals surface area contributed by atoms with Gasteiger partial charge in [0.2, 0.25) is 5.91 Å². The Kier molecular flexibility index (Phi) is 5.64. The van der Waals surface area contributed by atoms with Gasteiger partial charge in [0.1, 0.15) is 0 Å². The molecule has 3 heteroatoms. The summed E-state index contributed by atoms with van der Waals surface area (Å²) in [5.41, 5.74) is 0. The Hall–Kier alpha value is -0.0500. The van der Waals surface area contributed by atoms with E-state index in [9.17, 15) is 4.79 Å². The second kappa shape index (κ2) is 7.48. The van der Waals surface area contributed by atoms with Gasteiger partial charge in [-0.15, -0.1) is 0 Å². The Labute approximate surface area is 138 Å². The lowest BCUT2D eigenvalue weighted by molar-refractivity contribution is -0.127. The third-order valence-electron chi connectivity index (χ3n) is 6.27. The van der Waals surface area contributed by atoms with Crippen LogP contribution in [0.4, 0.5) is 0 Å². The second-order valence-corrected chi connectivity index (χ2v) is 8.80. The molecule has 0 aromatic rings. The first kappa shape index (κ1) is 15.8. The maximum Gasteiger partial charge on any atom is 0.223 e. The first-order chi connectivity index (χ1) is 10.2. The van der Waals surface area contributed by atoms with E-state index in [4.69, 9.17) is 0 Å². The van der Waals surface area contributed by atoms with Crippen LogP contribution in [0.2, 0.25) is 0 Å². The summed E-state index contributed by atoms with van der Waals surface area (Å²) in [7, 11) is 0. The standard InChI is InChI=1S/C18H30BrNO/c19-17-8-4-3-7-16(17)12-20-18(21)15-10-9-13-5-1-2-6-14(13)11-15/h13-17H,1-12H2,(H,20,21). The molecule has 3 aliphatic rings. The third kappa shape index (κ3) is 4.03. The summed E-state index contributed by atoms with van der Waals surface area (Å²) in [5, 5.41) is 3.28. The van der Waals surface area contributed by atoms with Gasteiger partial charge in [0.15, 0.2) is 0 Å². The number of halogens is 1. The van der Waals surface area contributed by atoms with Gasteiger partial charge in [0.25, 0.3) is 0 Å². The summed E-state index contributed by atoms with van der Waals surface area (Å²) in [6, 6.07) is 0. The topological polar surface area (TPSA) is 29.1 Å². The third-order valence-corrected chi connectivity index (χ3v) is 7.47. The molecule has 0 aliphatic heterocycles. The van der Waals surface area contributed by atoms with Crippen LogP contribution in [0.1, 0.15) is 70.6 Å². The van der Waals surface area contributed by atoms with Gasteiger partial charge in [-0.05, 0) is 49.9 Å². The van der Waals surface area contributed by atoms with Gasteiger partial charge in [-0.1, -0.05) is 54.5 Å². The van der Waals surface area contributed by atoms with Crippen molar-refractivity contribution in [2.45, 2.75) is 75.5 Å². The highest BCUT2D eigenvalue weighted by Crippen LogP contribution is 2.42. The van der Waals surface area contributed by atoms with E-state index in [0.717, 1.165) is 24.8 Å². The number of rotatable bonds is 3. The van der Waals surface area contributed by atoms with Crippen molar-refractivity contribution in [2.75, 3.05) is 6.54 Å². The Bertz CT molecular complexity index is 359. The molecule has 3 fully saturated rings. The van der Waals surface area contributed by atoms with Crippen molar-refractivity contribution in [3.05, 3.63) is 0 Å². The average Bonchev–Trinajstić information content (AvgIpc) is 2.53. The van der Waals surface area contributed by atoms with Crippen LogP contribution in [-0.4, -0.2) is 17.3 Å². The monoisotopic (exact) mass is 355 g/mol. The lowest BCUT2D eigenvalue weighted by Gasteiger charge is -2.39. The minimum absolute atomic E-state index is 0.307. The Balaban J connectivity index is 1.44. The Morgan fingerprint density at radius 2 is 1.62 bits per heavy atom. The quantitative estimate of drug-likeness (QED) is 0.732. The average molecular weight is 356 g/mol. The highest BCUT2D eigenvalue weighted by molar-refractivity contribution is 9.09. The summed E-state index contributed by atoms with van der Waals surface area (Å²) in [6.45, 7) is 0.888. The van der Waals surface area contributed by atoms with Crippen LogP contribution < -0.4 is 5.32 Å². The molecule has 0 saturated heterocycles. The summed E-state index contributed by atoms with van der Waals surface area (Å²) in [6.07, 6.45) is 14.4. The normalized spacial score (nSPS) is 40.3. The maximum absolute atomic E-state index is 12.5. The molecule has 0 radical (unpaired) electrons. The van der Waals surface area contributed by atoms with E-state index in [1.54, 1.807) is 0 Å². The number of carbonyl (C=O) groups excluding carboxylic acids is 1. The molecule has 0 aromatic carbocycles. The number of carbonyl (C=O) groups is 1. The zero-order chi connectivity index (χ0) is 14.7. The minimum atomic E-state index is 0.307. The fraction of sp³-hybridized carbons (Fsp3) is 0.944. The molecule has 0 spiro atoms. The maximum atomic E-state index is 12.5. The van der Waals surface area contributed by atoms with Crippen LogP contribution in [0.25, 0.3) is 0 Å². The van der Waals surface area contributed by atoms with E-state index >= 15 is 0 Å². The summed E-state index contributed by atoms with van der Waals surface area (Å²) >= 11 is 3.80. The van der Waals surface area contributed by atoms with Gasteiger partial charge in [0.05, 0.1) is 0 Å². The van der Waals surface area contributed by atoms with E-state index in [2.05, 4.69) is 21.2 Å². The van der Waals surface area contributed by atoms with Crippen LogP contribution >= 0.6 is 15.9 Å². The molecule has 3 aliphatic carbocycles. The molecule has 3 saturated carbocycles. The van der Waals surface area contributed by atoms with E-state index in [1.165, 1.54) is 64.2 Å². The molecule has 3 rings (SSSR count). The van der Waals surface area contributed by atoms with E-state index in [0.29, 0.717) is 22.6 Å². The first-order valence-electron chi connectivity index (χ1n) is 9.16. The smallest absolute Gasteiger partial charge is 0.223 e. The number of nitrogens with one attached hydrogen (secondary N) is 1. The molecule has 0 bridgehead atoms. The van der Waals surface area contributed by atoms with Crippen molar-refractivity contribution in [3.63, 3.8) is 0 Å². The largest absolute Gasteiger partial charge is 0.356 e. The van der Waals surface area contributed by atoms with Crippen LogP contribution in [0.5, 0.6) is 0 Å². The van der Waals surface area contributed by atoms with Gasteiger partial charge < -0.3 is 5.32 Å². The molecule has 0 heterocycles. The van der Waals surface area contributed by atoms with Crippen molar-refractivity contribution in [1.82, 2.24) is 5.32 Å². The molecule has 5 unspecified atom stereocenters. The fourth-order valence-electron chi connectivity index (χ4n) is 4.88. The molecule has 120 valence electrons. The molecule has 1 N–H and O–H groups in total. The molecular weight excluding hydrogens is 326 g/mol.